The first-order valence-corrected chi connectivity index (χ1v) is 6.88. The molecule has 2 aromatic carbocycles. The number of anilines is 1. The Morgan fingerprint density at radius 1 is 1.13 bits per heavy atom. The number of nitrogens with one attached hydrogen (secondary N) is 1. The molecule has 0 aliphatic carbocycles. The highest BCUT2D eigenvalue weighted by Crippen LogP contribution is 2.26. The molecular weight excluding hydrogens is 292 g/mol. The van der Waals surface area contributed by atoms with Crippen molar-refractivity contribution in [3.05, 3.63) is 65.9 Å². The second-order valence-electron chi connectivity index (χ2n) is 4.58. The average Bonchev–Trinajstić information content (AvgIpc) is 2.62. The Hall–Kier alpha value is -3.26. The number of nitriles is 1. The van der Waals surface area contributed by atoms with E-state index in [-0.39, 0.29) is 5.57 Å². The highest BCUT2D eigenvalue weighted by atomic mass is 16.5. The van der Waals surface area contributed by atoms with Crippen LogP contribution in [-0.2, 0) is 0 Å². The van der Waals surface area contributed by atoms with Gasteiger partial charge in [0.2, 0.25) is 5.78 Å². The van der Waals surface area contributed by atoms with E-state index in [0.29, 0.717) is 17.1 Å². The van der Waals surface area contributed by atoms with Crippen LogP contribution in [0.2, 0.25) is 0 Å². The van der Waals surface area contributed by atoms with E-state index >= 15 is 0 Å². The fourth-order valence-corrected chi connectivity index (χ4v) is 1.97. The number of methoxy groups -OCH3 is 2. The predicted molar refractivity (Wildman–Crippen MR) is 87.6 cm³/mol. The van der Waals surface area contributed by atoms with Gasteiger partial charge >= 0.3 is 0 Å². The van der Waals surface area contributed by atoms with Crippen LogP contribution in [-0.4, -0.2) is 20.0 Å². The fourth-order valence-electron chi connectivity index (χ4n) is 1.97. The van der Waals surface area contributed by atoms with Crippen molar-refractivity contribution in [2.24, 2.45) is 0 Å². The first-order chi connectivity index (χ1) is 11.2. The van der Waals surface area contributed by atoms with Gasteiger partial charge in [0.1, 0.15) is 23.1 Å². The molecule has 0 saturated heterocycles. The molecule has 116 valence electrons. The van der Waals surface area contributed by atoms with Crippen LogP contribution >= 0.6 is 0 Å². The molecule has 2 rings (SSSR count). The standard InChI is InChI=1S/C18H16N2O3/c1-22-15-8-9-16(17(10-15)23-2)18(21)13(11-19)12-20-14-6-4-3-5-7-14/h3-10,12,20H,1-2H3/b13-12+. The Kier molecular flexibility index (Phi) is 5.37. The molecule has 0 saturated carbocycles. The van der Waals surface area contributed by atoms with Crippen LogP contribution < -0.4 is 14.8 Å². The third-order valence-electron chi connectivity index (χ3n) is 3.18. The van der Waals surface area contributed by atoms with Crippen molar-refractivity contribution in [3.8, 4) is 17.6 Å². The van der Waals surface area contributed by atoms with Gasteiger partial charge in [0, 0.05) is 18.0 Å². The van der Waals surface area contributed by atoms with Gasteiger partial charge < -0.3 is 14.8 Å². The monoisotopic (exact) mass is 308 g/mol. The quantitative estimate of drug-likeness (QED) is 0.503. The van der Waals surface area contributed by atoms with Crippen LogP contribution in [0.5, 0.6) is 11.5 Å². The third-order valence-corrected chi connectivity index (χ3v) is 3.18. The van der Waals surface area contributed by atoms with E-state index in [4.69, 9.17) is 9.47 Å². The van der Waals surface area contributed by atoms with Gasteiger partial charge in [-0.1, -0.05) is 18.2 Å². The van der Waals surface area contributed by atoms with Crippen LogP contribution in [0, 0.1) is 11.3 Å². The smallest absolute Gasteiger partial charge is 0.208 e. The van der Waals surface area contributed by atoms with Gasteiger partial charge in [0.25, 0.3) is 0 Å². The number of rotatable bonds is 6. The van der Waals surface area contributed by atoms with Crippen LogP contribution in [0.25, 0.3) is 0 Å². The minimum absolute atomic E-state index is 0.0164. The molecule has 0 fully saturated rings. The van der Waals surface area contributed by atoms with Crippen molar-refractivity contribution >= 4 is 11.5 Å². The Bertz CT molecular complexity index is 762. The zero-order valence-corrected chi connectivity index (χ0v) is 12.9. The summed E-state index contributed by atoms with van der Waals surface area (Å²) >= 11 is 0. The van der Waals surface area contributed by atoms with Crippen LogP contribution in [0.1, 0.15) is 10.4 Å². The lowest BCUT2D eigenvalue weighted by Gasteiger charge is -2.09. The highest BCUT2D eigenvalue weighted by Gasteiger charge is 2.17. The third kappa shape index (κ3) is 3.89. The number of ether oxygens (including phenoxy) is 2. The van der Waals surface area contributed by atoms with E-state index in [1.54, 1.807) is 18.2 Å². The van der Waals surface area contributed by atoms with Gasteiger partial charge in [0.05, 0.1) is 19.8 Å². The second kappa shape index (κ2) is 7.66. The van der Waals surface area contributed by atoms with Gasteiger partial charge in [-0.05, 0) is 24.3 Å². The molecule has 0 unspecified atom stereocenters. The maximum absolute atomic E-state index is 12.5. The lowest BCUT2D eigenvalue weighted by Crippen LogP contribution is -2.06. The number of hydrogen-bond acceptors (Lipinski definition) is 5. The molecule has 0 spiro atoms. The lowest BCUT2D eigenvalue weighted by molar-refractivity contribution is 0.103. The lowest BCUT2D eigenvalue weighted by atomic mass is 10.0. The zero-order valence-electron chi connectivity index (χ0n) is 12.9. The van der Waals surface area contributed by atoms with E-state index in [9.17, 15) is 10.1 Å². The number of carbonyl (C=O) groups is 1. The number of benzene rings is 2. The van der Waals surface area contributed by atoms with Crippen molar-refractivity contribution in [1.82, 2.24) is 0 Å². The number of Topliss-reactive ketones (excluding diaryl/α,β-unsaturated/α-hetero) is 1. The van der Waals surface area contributed by atoms with Crippen molar-refractivity contribution < 1.29 is 14.3 Å². The molecule has 0 aromatic heterocycles. The zero-order chi connectivity index (χ0) is 16.7. The maximum Gasteiger partial charge on any atom is 0.208 e. The van der Waals surface area contributed by atoms with E-state index < -0.39 is 5.78 Å². The number of allylic oxidation sites excluding steroid dienone is 1. The molecule has 0 aliphatic heterocycles. The van der Waals surface area contributed by atoms with Gasteiger partial charge in [0.15, 0.2) is 0 Å². The van der Waals surface area contributed by atoms with Gasteiger partial charge in [-0.15, -0.1) is 0 Å². The first kappa shape index (κ1) is 16.1. The summed E-state index contributed by atoms with van der Waals surface area (Å²) in [4.78, 5) is 12.5. The Labute approximate surface area is 134 Å². The van der Waals surface area contributed by atoms with E-state index in [1.165, 1.54) is 20.4 Å². The Morgan fingerprint density at radius 2 is 1.87 bits per heavy atom. The van der Waals surface area contributed by atoms with Gasteiger partial charge in [-0.25, -0.2) is 0 Å². The number of hydrogen-bond donors (Lipinski definition) is 1. The first-order valence-electron chi connectivity index (χ1n) is 6.88. The average molecular weight is 308 g/mol. The molecular formula is C18H16N2O3. The minimum atomic E-state index is -0.421. The van der Waals surface area contributed by atoms with E-state index in [0.717, 1.165) is 5.69 Å². The van der Waals surface area contributed by atoms with E-state index in [2.05, 4.69) is 5.32 Å². The molecule has 5 heteroatoms. The molecule has 23 heavy (non-hydrogen) atoms. The summed E-state index contributed by atoms with van der Waals surface area (Å²) in [5.74, 6) is 0.508. The SMILES string of the molecule is COc1ccc(C(=O)/C(C#N)=C/Nc2ccccc2)c(OC)c1. The topological polar surface area (TPSA) is 71.4 Å². The normalized spacial score (nSPS) is 10.6. The minimum Gasteiger partial charge on any atom is -0.497 e. The number of carbonyl (C=O) groups excluding carboxylic acids is 1. The molecule has 0 radical (unpaired) electrons. The molecule has 2 aromatic rings. The molecule has 1 N–H and O–H groups in total. The number of ketones is 1. The van der Waals surface area contributed by atoms with Crippen molar-refractivity contribution in [2.45, 2.75) is 0 Å². The van der Waals surface area contributed by atoms with Crippen LogP contribution in [0.15, 0.2) is 60.3 Å². The summed E-state index contributed by atoms with van der Waals surface area (Å²) in [5.41, 5.74) is 1.07. The predicted octanol–water partition coefficient (Wildman–Crippen LogP) is 3.41. The second-order valence-corrected chi connectivity index (χ2v) is 4.58. The Morgan fingerprint density at radius 3 is 2.48 bits per heavy atom. The summed E-state index contributed by atoms with van der Waals surface area (Å²) in [6.45, 7) is 0. The summed E-state index contributed by atoms with van der Waals surface area (Å²) in [6.07, 6.45) is 1.39. The maximum atomic E-state index is 12.5. The van der Waals surface area contributed by atoms with Crippen LogP contribution in [0.4, 0.5) is 5.69 Å². The molecule has 0 amide bonds. The summed E-state index contributed by atoms with van der Waals surface area (Å²) < 4.78 is 10.3. The van der Waals surface area contributed by atoms with Crippen molar-refractivity contribution in [1.29, 1.82) is 5.26 Å². The fraction of sp³-hybridized carbons (Fsp3) is 0.111. The Balaban J connectivity index is 2.28. The molecule has 0 atom stereocenters. The van der Waals surface area contributed by atoms with Crippen molar-refractivity contribution in [2.75, 3.05) is 19.5 Å². The summed E-state index contributed by atoms with van der Waals surface area (Å²) in [6, 6.07) is 16.0. The van der Waals surface area contributed by atoms with Gasteiger partial charge in [-0.2, -0.15) is 5.26 Å². The molecule has 0 bridgehead atoms. The van der Waals surface area contributed by atoms with E-state index in [1.807, 2.05) is 36.4 Å². The summed E-state index contributed by atoms with van der Waals surface area (Å²) in [7, 11) is 2.99. The largest absolute Gasteiger partial charge is 0.497 e. The molecule has 0 heterocycles. The van der Waals surface area contributed by atoms with Gasteiger partial charge in [-0.3, -0.25) is 4.79 Å². The highest BCUT2D eigenvalue weighted by molar-refractivity contribution is 6.13. The molecule has 5 nitrogen and oxygen atoms in total. The molecule has 0 aliphatic rings. The number of nitrogens with zero attached hydrogens (tertiary/aromatic N) is 1. The van der Waals surface area contributed by atoms with Crippen molar-refractivity contribution in [3.63, 3.8) is 0 Å². The summed E-state index contributed by atoms with van der Waals surface area (Å²) in [5, 5.41) is 12.2. The number of para-hydroxylation sites is 1. The van der Waals surface area contributed by atoms with Crippen LogP contribution in [0.3, 0.4) is 0 Å².